The molecule has 4 aromatic rings. The Morgan fingerprint density at radius 2 is 1.44 bits per heavy atom. The first-order valence-corrected chi connectivity index (χ1v) is 14.6. The Hall–Kier alpha value is -5.50. The monoisotopic (exact) mass is 638 g/mol. The van der Waals surface area contributed by atoms with Gasteiger partial charge in [-0.2, -0.15) is 5.10 Å². The highest BCUT2D eigenvalue weighted by Crippen LogP contribution is 2.32. The van der Waals surface area contributed by atoms with Gasteiger partial charge in [-0.15, -0.1) is 0 Å². The first-order valence-electron chi connectivity index (χ1n) is 13.2. The summed E-state index contributed by atoms with van der Waals surface area (Å²) in [5, 5.41) is 6.47. The molecular weight excluding hydrogens is 610 g/mol. The molecule has 0 fully saturated rings. The Balaban J connectivity index is 1.38. The fraction of sp³-hybridized carbons (Fsp3) is 0.129. The van der Waals surface area contributed by atoms with Crippen LogP contribution in [0.25, 0.3) is 0 Å². The number of rotatable bonds is 13. The van der Waals surface area contributed by atoms with E-state index in [2.05, 4.69) is 15.8 Å². The van der Waals surface area contributed by atoms with Crippen molar-refractivity contribution in [3.05, 3.63) is 108 Å². The molecule has 4 aromatic carbocycles. The normalized spacial score (nSPS) is 11.1. The zero-order valence-electron chi connectivity index (χ0n) is 24.1. The van der Waals surface area contributed by atoms with Gasteiger partial charge in [0.05, 0.1) is 31.0 Å². The van der Waals surface area contributed by atoms with Crippen molar-refractivity contribution in [1.29, 1.82) is 0 Å². The van der Waals surface area contributed by atoms with E-state index < -0.39 is 40.0 Å². The van der Waals surface area contributed by atoms with Crippen molar-refractivity contribution in [1.82, 2.24) is 5.43 Å². The number of benzene rings is 4. The van der Waals surface area contributed by atoms with Gasteiger partial charge in [0.2, 0.25) is 0 Å². The summed E-state index contributed by atoms with van der Waals surface area (Å²) in [6, 6.07) is 20.3. The largest absolute Gasteiger partial charge is 0.493 e. The number of nitrogens with zero attached hydrogens (tertiary/aromatic N) is 2. The Kier molecular flexibility index (Phi) is 10.7. The van der Waals surface area contributed by atoms with Crippen molar-refractivity contribution < 1.29 is 41.0 Å². The zero-order valence-corrected chi connectivity index (χ0v) is 24.9. The maximum absolute atomic E-state index is 13.6. The number of hydrogen-bond acceptors (Lipinski definition) is 8. The lowest BCUT2D eigenvalue weighted by molar-refractivity contribution is -0.119. The molecular formula is C31H28F2N4O7S. The molecule has 0 aliphatic heterocycles. The van der Waals surface area contributed by atoms with Crippen molar-refractivity contribution in [2.75, 3.05) is 37.0 Å². The fourth-order valence-electron chi connectivity index (χ4n) is 3.90. The van der Waals surface area contributed by atoms with Crippen LogP contribution in [0.4, 0.5) is 20.2 Å². The van der Waals surface area contributed by atoms with E-state index in [0.29, 0.717) is 22.7 Å². The van der Waals surface area contributed by atoms with E-state index in [4.69, 9.17) is 14.2 Å². The second-order valence-electron chi connectivity index (χ2n) is 9.21. The summed E-state index contributed by atoms with van der Waals surface area (Å²) in [5.41, 5.74) is 3.33. The van der Waals surface area contributed by atoms with Crippen LogP contribution in [0, 0.1) is 11.6 Å². The molecule has 45 heavy (non-hydrogen) atoms. The molecule has 0 bridgehead atoms. The molecule has 0 aliphatic carbocycles. The lowest BCUT2D eigenvalue weighted by Gasteiger charge is -2.24. The van der Waals surface area contributed by atoms with E-state index in [9.17, 15) is 26.8 Å². The van der Waals surface area contributed by atoms with Gasteiger partial charge in [0.1, 0.15) is 23.9 Å². The zero-order chi connectivity index (χ0) is 32.4. The summed E-state index contributed by atoms with van der Waals surface area (Å²) in [6.07, 6.45) is 1.33. The smallest absolute Gasteiger partial charge is 0.264 e. The molecule has 0 aliphatic rings. The number of hydrazone groups is 1. The molecule has 0 heterocycles. The van der Waals surface area contributed by atoms with Crippen LogP contribution in [-0.4, -0.2) is 53.8 Å². The van der Waals surface area contributed by atoms with E-state index in [1.165, 1.54) is 75.0 Å². The SMILES string of the molecule is COc1ccc(S(=O)(=O)N(CC(=O)N/N=C\c2ccc(OCC(=O)Nc3ccc(F)cc3)cc2)c2ccc(F)cc2)cc1OC. The van der Waals surface area contributed by atoms with Crippen LogP contribution >= 0.6 is 0 Å². The third-order valence-corrected chi connectivity index (χ3v) is 7.90. The van der Waals surface area contributed by atoms with Gasteiger partial charge < -0.3 is 19.5 Å². The molecule has 0 radical (unpaired) electrons. The first-order chi connectivity index (χ1) is 21.6. The molecule has 11 nitrogen and oxygen atoms in total. The van der Waals surface area contributed by atoms with Crippen molar-refractivity contribution in [3.63, 3.8) is 0 Å². The number of amides is 2. The number of carbonyl (C=O) groups is 2. The van der Waals surface area contributed by atoms with Crippen LogP contribution in [0.3, 0.4) is 0 Å². The Bertz CT molecular complexity index is 1770. The summed E-state index contributed by atoms with van der Waals surface area (Å²) in [7, 11) is -1.57. The van der Waals surface area contributed by atoms with Crippen LogP contribution in [0.15, 0.2) is 101 Å². The molecule has 14 heteroatoms. The molecule has 234 valence electrons. The molecule has 0 unspecified atom stereocenters. The molecule has 0 aromatic heterocycles. The van der Waals surface area contributed by atoms with Gasteiger partial charge in [0.15, 0.2) is 18.1 Å². The molecule has 2 N–H and O–H groups in total. The van der Waals surface area contributed by atoms with E-state index in [1.807, 2.05) is 0 Å². The lowest BCUT2D eigenvalue weighted by Crippen LogP contribution is -2.39. The number of nitrogens with one attached hydrogen (secondary N) is 2. The van der Waals surface area contributed by atoms with Crippen LogP contribution in [0.1, 0.15) is 5.56 Å². The maximum atomic E-state index is 13.6. The number of carbonyl (C=O) groups excluding carboxylic acids is 2. The Morgan fingerprint density at radius 3 is 2.07 bits per heavy atom. The summed E-state index contributed by atoms with van der Waals surface area (Å²) in [5.74, 6) is -1.34. The number of anilines is 2. The van der Waals surface area contributed by atoms with Gasteiger partial charge in [0, 0.05) is 11.8 Å². The van der Waals surface area contributed by atoms with Crippen molar-refractivity contribution >= 4 is 39.4 Å². The minimum absolute atomic E-state index is 0.0484. The van der Waals surface area contributed by atoms with Crippen molar-refractivity contribution in [3.8, 4) is 17.2 Å². The van der Waals surface area contributed by atoms with Crippen LogP contribution < -0.4 is 29.3 Å². The number of hydrogen-bond donors (Lipinski definition) is 2. The average molecular weight is 639 g/mol. The Morgan fingerprint density at radius 1 is 0.822 bits per heavy atom. The quantitative estimate of drug-likeness (QED) is 0.164. The highest BCUT2D eigenvalue weighted by molar-refractivity contribution is 7.92. The first kappa shape index (κ1) is 32.4. The highest BCUT2D eigenvalue weighted by Gasteiger charge is 2.28. The summed E-state index contributed by atoms with van der Waals surface area (Å²) in [4.78, 5) is 24.7. The summed E-state index contributed by atoms with van der Waals surface area (Å²) in [6.45, 7) is -0.954. The van der Waals surface area contributed by atoms with Gasteiger partial charge in [-0.05, 0) is 90.5 Å². The average Bonchev–Trinajstić information content (AvgIpc) is 3.04. The van der Waals surface area contributed by atoms with Crippen LogP contribution in [0.2, 0.25) is 0 Å². The van der Waals surface area contributed by atoms with E-state index in [0.717, 1.165) is 16.4 Å². The van der Waals surface area contributed by atoms with E-state index in [-0.39, 0.29) is 22.9 Å². The minimum atomic E-state index is -4.33. The number of halogens is 2. The summed E-state index contributed by atoms with van der Waals surface area (Å²) < 4.78 is 70.5. The van der Waals surface area contributed by atoms with Crippen LogP contribution in [0.5, 0.6) is 17.2 Å². The predicted octanol–water partition coefficient (Wildman–Crippen LogP) is 4.35. The second-order valence-corrected chi connectivity index (χ2v) is 11.1. The van der Waals surface area contributed by atoms with Crippen molar-refractivity contribution in [2.24, 2.45) is 5.10 Å². The molecule has 0 saturated heterocycles. The van der Waals surface area contributed by atoms with Gasteiger partial charge in [-0.3, -0.25) is 13.9 Å². The fourth-order valence-corrected chi connectivity index (χ4v) is 5.34. The second kappa shape index (κ2) is 14.8. The predicted molar refractivity (Wildman–Crippen MR) is 163 cm³/mol. The van der Waals surface area contributed by atoms with Crippen molar-refractivity contribution in [2.45, 2.75) is 4.90 Å². The molecule has 0 spiro atoms. The van der Waals surface area contributed by atoms with Crippen LogP contribution in [-0.2, 0) is 19.6 Å². The standard InChI is InChI=1S/C31H28F2N4O7S/c1-42-28-16-15-27(17-29(28)43-2)45(40,41)37(25-11-7-23(33)8-12-25)19-30(38)36-34-18-21-3-13-26(14-4-21)44-20-31(39)35-24-9-5-22(32)6-10-24/h3-18H,19-20H2,1-2H3,(H,35,39)(H,36,38)/b34-18-. The van der Waals surface area contributed by atoms with Gasteiger partial charge in [0.25, 0.3) is 21.8 Å². The van der Waals surface area contributed by atoms with Gasteiger partial charge >= 0.3 is 0 Å². The molecule has 4 rings (SSSR count). The molecule has 2 amide bonds. The Labute approximate surface area is 258 Å². The highest BCUT2D eigenvalue weighted by atomic mass is 32.2. The number of sulfonamides is 1. The van der Waals surface area contributed by atoms with Gasteiger partial charge in [-0.25, -0.2) is 22.6 Å². The third kappa shape index (κ3) is 8.76. The molecule has 0 saturated carbocycles. The number of ether oxygens (including phenoxy) is 3. The topological polar surface area (TPSA) is 136 Å². The summed E-state index contributed by atoms with van der Waals surface area (Å²) >= 11 is 0. The lowest BCUT2D eigenvalue weighted by atomic mass is 10.2. The molecule has 0 atom stereocenters. The van der Waals surface area contributed by atoms with E-state index >= 15 is 0 Å². The van der Waals surface area contributed by atoms with E-state index in [1.54, 1.807) is 24.3 Å². The van der Waals surface area contributed by atoms with Gasteiger partial charge in [-0.1, -0.05) is 0 Å². The maximum Gasteiger partial charge on any atom is 0.264 e. The third-order valence-electron chi connectivity index (χ3n) is 6.13. The minimum Gasteiger partial charge on any atom is -0.493 e. The number of methoxy groups -OCH3 is 2.